The zero-order valence-corrected chi connectivity index (χ0v) is 15.3. The van der Waals surface area contributed by atoms with Crippen LogP contribution < -0.4 is 0 Å². The van der Waals surface area contributed by atoms with E-state index in [2.05, 4.69) is 18.7 Å². The van der Waals surface area contributed by atoms with Gasteiger partial charge in [0.25, 0.3) is 5.60 Å². The monoisotopic (exact) mass is 412 g/mol. The average molecular weight is 412 g/mol. The molecule has 2 bridgehead atoms. The fourth-order valence-corrected chi connectivity index (χ4v) is 5.13. The van der Waals surface area contributed by atoms with E-state index in [0.717, 1.165) is 25.0 Å². The third-order valence-corrected chi connectivity index (χ3v) is 6.93. The lowest BCUT2D eigenvalue weighted by atomic mass is 9.72. The molecule has 3 rings (SSSR count). The molecular weight excluding hydrogens is 390 g/mol. The first kappa shape index (κ1) is 21.4. The van der Waals surface area contributed by atoms with Gasteiger partial charge in [-0.25, -0.2) is 4.89 Å². The Kier molecular flexibility index (Phi) is 5.26. The van der Waals surface area contributed by atoms with Crippen LogP contribution in [0.4, 0.5) is 26.3 Å². The number of aliphatic hydroxyl groups is 1. The van der Waals surface area contributed by atoms with Crippen molar-refractivity contribution in [3.63, 3.8) is 0 Å². The molecule has 0 heterocycles. The van der Waals surface area contributed by atoms with Crippen molar-refractivity contribution in [2.45, 2.75) is 50.7 Å². The molecule has 2 aliphatic carbocycles. The maximum atomic E-state index is 13.0. The van der Waals surface area contributed by atoms with Gasteiger partial charge >= 0.3 is 12.4 Å². The van der Waals surface area contributed by atoms with Gasteiger partial charge in [0, 0.05) is 5.56 Å². The highest BCUT2D eigenvalue weighted by atomic mass is 19.4. The van der Waals surface area contributed by atoms with Crippen LogP contribution in [0.5, 0.6) is 0 Å². The van der Waals surface area contributed by atoms with Crippen molar-refractivity contribution in [1.29, 1.82) is 0 Å². The van der Waals surface area contributed by atoms with Gasteiger partial charge in [-0.2, -0.15) is 26.3 Å². The summed E-state index contributed by atoms with van der Waals surface area (Å²) < 4.78 is 78.0. The molecule has 6 atom stereocenters. The summed E-state index contributed by atoms with van der Waals surface area (Å²) in [5.41, 5.74) is -6.02. The maximum Gasteiger partial charge on any atom is 0.430 e. The molecule has 0 aromatic heterocycles. The molecule has 28 heavy (non-hydrogen) atoms. The Morgan fingerprint density at radius 3 is 1.86 bits per heavy atom. The summed E-state index contributed by atoms with van der Waals surface area (Å²) in [5.74, 6) is 1.57. The number of rotatable bonds is 4. The Hall–Kier alpha value is -1.32. The Bertz CT molecular complexity index is 683. The third kappa shape index (κ3) is 3.11. The van der Waals surface area contributed by atoms with Crippen LogP contribution in [0.25, 0.3) is 0 Å². The van der Waals surface area contributed by atoms with E-state index in [1.165, 1.54) is 0 Å². The van der Waals surface area contributed by atoms with Crippen LogP contribution in [0.15, 0.2) is 24.3 Å². The molecule has 0 amide bonds. The molecule has 6 unspecified atom stereocenters. The van der Waals surface area contributed by atoms with Crippen LogP contribution in [0.2, 0.25) is 0 Å². The number of hydrogen-bond acceptors (Lipinski definition) is 3. The smallest absolute Gasteiger partial charge is 0.369 e. The van der Waals surface area contributed by atoms with Crippen molar-refractivity contribution in [1.82, 2.24) is 0 Å². The van der Waals surface area contributed by atoms with E-state index in [1.807, 2.05) is 0 Å². The van der Waals surface area contributed by atoms with Gasteiger partial charge in [0.05, 0.1) is 0 Å². The SMILES string of the molecule is CC1C2CC(C(OO)c3ccc(C(O)(C(F)(F)F)C(F)(F)F)cc3)C(C2)C1C. The number of benzene rings is 1. The summed E-state index contributed by atoms with van der Waals surface area (Å²) in [5, 5.41) is 18.9. The lowest BCUT2D eigenvalue weighted by Crippen LogP contribution is -2.53. The molecule has 0 aliphatic heterocycles. The van der Waals surface area contributed by atoms with Crippen molar-refractivity contribution in [3.8, 4) is 0 Å². The Morgan fingerprint density at radius 1 is 0.929 bits per heavy atom. The van der Waals surface area contributed by atoms with Crippen molar-refractivity contribution < 1.29 is 41.6 Å². The Labute approximate surface area is 158 Å². The fourth-order valence-electron chi connectivity index (χ4n) is 5.13. The summed E-state index contributed by atoms with van der Waals surface area (Å²) in [7, 11) is 0. The van der Waals surface area contributed by atoms with Gasteiger partial charge in [0.15, 0.2) is 0 Å². The number of fused-ring (bicyclic) bond motifs is 2. The standard InChI is InChI=1S/C19H22F6O3/c1-9-10(2)14-7-12(9)8-15(14)16(28-27)11-3-5-13(6-4-11)17(26,18(20,21)22)19(23,24)25/h3-6,9-10,12,14-16,26-27H,7-8H2,1-2H3. The highest BCUT2D eigenvalue weighted by Gasteiger charge is 2.71. The van der Waals surface area contributed by atoms with Gasteiger partial charge in [-0.15, -0.1) is 0 Å². The maximum absolute atomic E-state index is 13.0. The Morgan fingerprint density at radius 2 is 1.46 bits per heavy atom. The van der Waals surface area contributed by atoms with Gasteiger partial charge in [0.2, 0.25) is 0 Å². The largest absolute Gasteiger partial charge is 0.430 e. The first-order valence-electron chi connectivity index (χ1n) is 9.09. The van der Waals surface area contributed by atoms with Crippen LogP contribution >= 0.6 is 0 Å². The van der Waals surface area contributed by atoms with E-state index in [4.69, 9.17) is 0 Å². The average Bonchev–Trinajstić information content (AvgIpc) is 3.14. The topological polar surface area (TPSA) is 49.7 Å². The van der Waals surface area contributed by atoms with Gasteiger partial charge in [-0.05, 0) is 48.0 Å². The van der Waals surface area contributed by atoms with E-state index in [-0.39, 0.29) is 17.4 Å². The van der Waals surface area contributed by atoms with E-state index < -0.39 is 29.6 Å². The van der Waals surface area contributed by atoms with Crippen LogP contribution in [0.1, 0.15) is 43.9 Å². The third-order valence-electron chi connectivity index (χ3n) is 6.93. The van der Waals surface area contributed by atoms with Crippen molar-refractivity contribution >= 4 is 0 Å². The molecule has 1 aromatic rings. The van der Waals surface area contributed by atoms with E-state index in [1.54, 1.807) is 0 Å². The van der Waals surface area contributed by atoms with Crippen LogP contribution in [0.3, 0.4) is 0 Å². The molecule has 158 valence electrons. The number of hydrogen-bond donors (Lipinski definition) is 2. The normalized spacial score (nSPS) is 32.0. The molecule has 0 spiro atoms. The second-order valence-electron chi connectivity index (χ2n) is 8.13. The molecule has 2 saturated carbocycles. The summed E-state index contributed by atoms with van der Waals surface area (Å²) >= 11 is 0. The van der Waals surface area contributed by atoms with Crippen molar-refractivity contribution in [3.05, 3.63) is 35.4 Å². The second kappa shape index (κ2) is 6.88. The number of halogens is 6. The Balaban J connectivity index is 1.89. The molecule has 2 fully saturated rings. The minimum Gasteiger partial charge on any atom is -0.369 e. The van der Waals surface area contributed by atoms with Gasteiger partial charge < -0.3 is 5.11 Å². The summed E-state index contributed by atoms with van der Waals surface area (Å²) in [6.45, 7) is 4.26. The molecule has 2 aliphatic rings. The second-order valence-corrected chi connectivity index (χ2v) is 8.13. The minimum atomic E-state index is -5.93. The first-order valence-corrected chi connectivity index (χ1v) is 9.09. The van der Waals surface area contributed by atoms with Crippen LogP contribution in [-0.4, -0.2) is 22.7 Å². The molecule has 3 nitrogen and oxygen atoms in total. The van der Waals surface area contributed by atoms with Gasteiger partial charge in [0.1, 0.15) is 6.10 Å². The first-order chi connectivity index (χ1) is 12.8. The highest BCUT2D eigenvalue weighted by Crippen LogP contribution is 2.58. The zero-order valence-electron chi connectivity index (χ0n) is 15.3. The van der Waals surface area contributed by atoms with E-state index >= 15 is 0 Å². The quantitative estimate of drug-likeness (QED) is 0.392. The molecular formula is C19H22F6O3. The number of alkyl halides is 6. The van der Waals surface area contributed by atoms with E-state index in [9.17, 15) is 36.7 Å². The van der Waals surface area contributed by atoms with Crippen LogP contribution in [0, 0.1) is 29.6 Å². The van der Waals surface area contributed by atoms with Crippen LogP contribution in [-0.2, 0) is 10.5 Å². The molecule has 9 heteroatoms. The lowest BCUT2D eigenvalue weighted by molar-refractivity contribution is -0.376. The summed E-state index contributed by atoms with van der Waals surface area (Å²) in [6, 6.07) is 3.25. The minimum absolute atomic E-state index is 0.0730. The zero-order chi connectivity index (χ0) is 21.1. The predicted molar refractivity (Wildman–Crippen MR) is 86.9 cm³/mol. The van der Waals surface area contributed by atoms with Gasteiger partial charge in [-0.1, -0.05) is 38.1 Å². The van der Waals surface area contributed by atoms with Crippen molar-refractivity contribution in [2.75, 3.05) is 0 Å². The highest BCUT2D eigenvalue weighted by molar-refractivity contribution is 5.32. The predicted octanol–water partition coefficient (Wildman–Crippen LogP) is 5.46. The van der Waals surface area contributed by atoms with E-state index in [0.29, 0.717) is 29.9 Å². The van der Waals surface area contributed by atoms with Crippen molar-refractivity contribution in [2.24, 2.45) is 29.6 Å². The fraction of sp³-hybridized carbons (Fsp3) is 0.684. The summed E-state index contributed by atoms with van der Waals surface area (Å²) in [4.78, 5) is 4.61. The van der Waals surface area contributed by atoms with Gasteiger partial charge in [-0.3, -0.25) is 5.26 Å². The molecule has 2 N–H and O–H groups in total. The molecule has 1 aromatic carbocycles. The lowest BCUT2D eigenvalue weighted by Gasteiger charge is -2.36. The molecule has 0 radical (unpaired) electrons. The summed E-state index contributed by atoms with van der Waals surface area (Å²) in [6.07, 6.45) is -11.0. The molecule has 0 saturated heterocycles.